The van der Waals surface area contributed by atoms with Gasteiger partial charge in [0.05, 0.1) is 23.6 Å². The molecule has 2 aromatic heterocycles. The maximum atomic E-state index is 8.93. The number of ether oxygens (including phenoxy) is 2. The van der Waals surface area contributed by atoms with Crippen molar-refractivity contribution in [1.29, 1.82) is 5.26 Å². The summed E-state index contributed by atoms with van der Waals surface area (Å²) in [6, 6.07) is 9.09. The third-order valence-corrected chi connectivity index (χ3v) is 5.03. The number of aromatic nitrogens is 2. The lowest BCUT2D eigenvalue weighted by Gasteiger charge is -2.08. The van der Waals surface area contributed by atoms with E-state index >= 15 is 0 Å². The number of rotatable bonds is 6. The highest BCUT2D eigenvalue weighted by atomic mass is 32.1. The van der Waals surface area contributed by atoms with Crippen molar-refractivity contribution in [1.82, 2.24) is 10.2 Å². The minimum Gasteiger partial charge on any atom is -0.493 e. The monoisotopic (exact) mass is 355 g/mol. The van der Waals surface area contributed by atoms with E-state index in [4.69, 9.17) is 19.2 Å². The van der Waals surface area contributed by atoms with E-state index in [1.54, 1.807) is 29.5 Å². The van der Waals surface area contributed by atoms with Crippen molar-refractivity contribution in [2.24, 2.45) is 0 Å². The van der Waals surface area contributed by atoms with E-state index in [1.807, 2.05) is 0 Å². The van der Waals surface area contributed by atoms with E-state index in [0.29, 0.717) is 28.8 Å². The van der Waals surface area contributed by atoms with Crippen LogP contribution in [0.4, 0.5) is 0 Å². The van der Waals surface area contributed by atoms with Crippen LogP contribution in [0.15, 0.2) is 28.7 Å². The molecule has 2 heterocycles. The van der Waals surface area contributed by atoms with E-state index in [0.717, 1.165) is 11.3 Å². The Kier molecular flexibility index (Phi) is 5.00. The average Bonchev–Trinajstić information content (AvgIpc) is 3.26. The Hall–Kier alpha value is -2.85. The van der Waals surface area contributed by atoms with Gasteiger partial charge in [-0.3, -0.25) is 0 Å². The molecule has 0 aliphatic heterocycles. The van der Waals surface area contributed by atoms with E-state index in [-0.39, 0.29) is 6.61 Å². The second-order valence-electron chi connectivity index (χ2n) is 5.34. The number of hydrogen-bond acceptors (Lipinski definition) is 7. The smallest absolute Gasteiger partial charge is 0.257 e. The van der Waals surface area contributed by atoms with Crippen molar-refractivity contribution >= 4 is 11.3 Å². The number of nitriles is 1. The van der Waals surface area contributed by atoms with Gasteiger partial charge in [0.15, 0.2) is 18.1 Å². The summed E-state index contributed by atoms with van der Waals surface area (Å²) in [6.07, 6.45) is 0.985. The fraction of sp³-hybridized carbons (Fsp3) is 0.278. The van der Waals surface area contributed by atoms with Crippen molar-refractivity contribution in [2.45, 2.75) is 26.9 Å². The van der Waals surface area contributed by atoms with Gasteiger partial charge >= 0.3 is 0 Å². The molecule has 6 nitrogen and oxygen atoms in total. The molecule has 0 saturated carbocycles. The quantitative estimate of drug-likeness (QED) is 0.661. The first-order chi connectivity index (χ1) is 12.1. The third kappa shape index (κ3) is 3.64. The molecule has 3 aromatic rings. The molecule has 3 rings (SSSR count). The van der Waals surface area contributed by atoms with Gasteiger partial charge in [0.2, 0.25) is 0 Å². The summed E-state index contributed by atoms with van der Waals surface area (Å²) in [4.78, 5) is 2.28. The molecule has 25 heavy (non-hydrogen) atoms. The highest BCUT2D eigenvalue weighted by molar-refractivity contribution is 7.15. The Morgan fingerprint density at radius 3 is 2.76 bits per heavy atom. The molecule has 0 amide bonds. The molecule has 0 spiro atoms. The van der Waals surface area contributed by atoms with Gasteiger partial charge in [0.1, 0.15) is 0 Å². The fourth-order valence-corrected chi connectivity index (χ4v) is 3.42. The van der Waals surface area contributed by atoms with Crippen molar-refractivity contribution in [2.75, 3.05) is 7.11 Å². The number of methoxy groups -OCH3 is 1. The van der Waals surface area contributed by atoms with Crippen molar-refractivity contribution in [3.05, 3.63) is 46.2 Å². The van der Waals surface area contributed by atoms with Crippen molar-refractivity contribution in [3.63, 3.8) is 0 Å². The van der Waals surface area contributed by atoms with Crippen LogP contribution in [0, 0.1) is 18.3 Å². The van der Waals surface area contributed by atoms with E-state index < -0.39 is 0 Å². The molecule has 0 aliphatic rings. The van der Waals surface area contributed by atoms with E-state index in [2.05, 4.69) is 36.2 Å². The minimum atomic E-state index is 0.125. The number of thiophene rings is 1. The lowest BCUT2D eigenvalue weighted by molar-refractivity contribution is 0.251. The van der Waals surface area contributed by atoms with Crippen LogP contribution in [0.2, 0.25) is 0 Å². The number of benzene rings is 1. The van der Waals surface area contributed by atoms with Crippen LogP contribution in [0.3, 0.4) is 0 Å². The molecule has 0 unspecified atom stereocenters. The summed E-state index contributed by atoms with van der Waals surface area (Å²) in [7, 11) is 1.53. The third-order valence-electron chi connectivity index (χ3n) is 3.66. The standard InChI is InChI=1S/C18H17N3O3S/c1-4-15-11(2)7-16(25-15)18-21-20-17(24-18)10-23-13-6-5-12(9-19)8-14(13)22-3/h5-8H,4,10H2,1-3H3. The van der Waals surface area contributed by atoms with Gasteiger partial charge in [-0.15, -0.1) is 21.5 Å². The molecule has 0 radical (unpaired) electrons. The lowest BCUT2D eigenvalue weighted by atomic mass is 10.2. The number of hydrogen-bond donors (Lipinski definition) is 0. The zero-order chi connectivity index (χ0) is 17.8. The number of aryl methyl sites for hydroxylation is 2. The zero-order valence-corrected chi connectivity index (χ0v) is 15.0. The van der Waals surface area contributed by atoms with Crippen LogP contribution in [0.5, 0.6) is 11.5 Å². The predicted molar refractivity (Wildman–Crippen MR) is 93.8 cm³/mol. The van der Waals surface area contributed by atoms with Crippen LogP contribution in [-0.2, 0) is 13.0 Å². The summed E-state index contributed by atoms with van der Waals surface area (Å²) in [5.41, 5.74) is 1.74. The Morgan fingerprint density at radius 2 is 2.08 bits per heavy atom. The molecule has 1 aromatic carbocycles. The SMILES string of the molecule is CCc1sc(-c2nnc(COc3ccc(C#N)cc3OC)o2)cc1C. The highest BCUT2D eigenvalue weighted by Gasteiger charge is 2.14. The van der Waals surface area contributed by atoms with Gasteiger partial charge in [0, 0.05) is 10.9 Å². The summed E-state index contributed by atoms with van der Waals surface area (Å²) in [5.74, 6) is 1.88. The topological polar surface area (TPSA) is 81.2 Å². The molecule has 0 bridgehead atoms. The predicted octanol–water partition coefficient (Wildman–Crippen LogP) is 4.13. The van der Waals surface area contributed by atoms with Crippen molar-refractivity contribution < 1.29 is 13.9 Å². The molecule has 0 atom stereocenters. The Balaban J connectivity index is 1.73. The van der Waals surface area contributed by atoms with Gasteiger partial charge in [-0.1, -0.05) is 6.92 Å². The summed E-state index contributed by atoms with van der Waals surface area (Å²) < 4.78 is 16.6. The first-order valence-corrected chi connectivity index (χ1v) is 8.59. The Bertz CT molecular complexity index is 924. The Morgan fingerprint density at radius 1 is 1.24 bits per heavy atom. The zero-order valence-electron chi connectivity index (χ0n) is 14.2. The maximum absolute atomic E-state index is 8.93. The summed E-state index contributed by atoms with van der Waals surface area (Å²) in [6.45, 7) is 4.33. The molecule has 0 N–H and O–H groups in total. The van der Waals surface area contributed by atoms with Gasteiger partial charge in [-0.05, 0) is 37.1 Å². The first kappa shape index (κ1) is 17.0. The second kappa shape index (κ2) is 7.36. The molecular weight excluding hydrogens is 338 g/mol. The van der Waals surface area contributed by atoms with Crippen LogP contribution >= 0.6 is 11.3 Å². The van der Waals surface area contributed by atoms with Gasteiger partial charge < -0.3 is 13.9 Å². The first-order valence-electron chi connectivity index (χ1n) is 7.77. The largest absolute Gasteiger partial charge is 0.493 e. The van der Waals surface area contributed by atoms with Gasteiger partial charge in [-0.2, -0.15) is 5.26 Å². The average molecular weight is 355 g/mol. The van der Waals surface area contributed by atoms with Crippen LogP contribution in [0.25, 0.3) is 10.8 Å². The van der Waals surface area contributed by atoms with E-state index in [9.17, 15) is 0 Å². The number of nitrogens with zero attached hydrogens (tertiary/aromatic N) is 3. The molecule has 0 saturated heterocycles. The minimum absolute atomic E-state index is 0.125. The van der Waals surface area contributed by atoms with Crippen LogP contribution in [0.1, 0.15) is 28.8 Å². The molecule has 7 heteroatoms. The summed E-state index contributed by atoms with van der Waals surface area (Å²) >= 11 is 1.66. The van der Waals surface area contributed by atoms with E-state index in [1.165, 1.54) is 17.6 Å². The second-order valence-corrected chi connectivity index (χ2v) is 6.47. The van der Waals surface area contributed by atoms with Gasteiger partial charge in [0.25, 0.3) is 11.8 Å². The normalized spacial score (nSPS) is 10.5. The lowest BCUT2D eigenvalue weighted by Crippen LogP contribution is -1.98. The van der Waals surface area contributed by atoms with Crippen LogP contribution in [-0.4, -0.2) is 17.3 Å². The molecule has 0 aliphatic carbocycles. The van der Waals surface area contributed by atoms with Crippen LogP contribution < -0.4 is 9.47 Å². The van der Waals surface area contributed by atoms with Crippen molar-refractivity contribution in [3.8, 4) is 28.3 Å². The van der Waals surface area contributed by atoms with Gasteiger partial charge in [-0.25, -0.2) is 0 Å². The summed E-state index contributed by atoms with van der Waals surface area (Å²) in [5, 5.41) is 17.1. The fourth-order valence-electron chi connectivity index (χ4n) is 2.38. The molecular formula is C18H17N3O3S. The highest BCUT2D eigenvalue weighted by Crippen LogP contribution is 2.31. The maximum Gasteiger partial charge on any atom is 0.257 e. The molecule has 0 fully saturated rings. The Labute approximate surface area is 149 Å². The molecule has 128 valence electrons.